The van der Waals surface area contributed by atoms with E-state index in [2.05, 4.69) is 15.5 Å². The predicted molar refractivity (Wildman–Crippen MR) is 79.7 cm³/mol. The van der Waals surface area contributed by atoms with Gasteiger partial charge in [0, 0.05) is 16.7 Å². The van der Waals surface area contributed by atoms with Gasteiger partial charge < -0.3 is 10.4 Å². The smallest absolute Gasteiger partial charge is 0.353 e. The molecule has 0 saturated heterocycles. The Bertz CT molecular complexity index is 626. The highest BCUT2D eigenvalue weighted by molar-refractivity contribution is 7.99. The van der Waals surface area contributed by atoms with E-state index in [0.717, 1.165) is 9.21 Å². The zero-order valence-electron chi connectivity index (χ0n) is 10.1. The van der Waals surface area contributed by atoms with E-state index in [0.29, 0.717) is 5.75 Å². The van der Waals surface area contributed by atoms with Crippen LogP contribution in [0.1, 0.15) is 15.4 Å². The van der Waals surface area contributed by atoms with Gasteiger partial charge in [0.15, 0.2) is 5.82 Å². The van der Waals surface area contributed by atoms with E-state index in [9.17, 15) is 9.59 Å². The van der Waals surface area contributed by atoms with Crippen molar-refractivity contribution in [2.24, 2.45) is 0 Å². The number of thioether (sulfide) groups is 1. The molecule has 0 aliphatic rings. The third-order valence-electron chi connectivity index (χ3n) is 2.18. The van der Waals surface area contributed by atoms with Crippen LogP contribution in [0.2, 0.25) is 4.34 Å². The molecule has 0 unspecified atom stereocenters. The van der Waals surface area contributed by atoms with Crippen molar-refractivity contribution in [3.05, 3.63) is 33.1 Å². The number of hydrogen-bond acceptors (Lipinski definition) is 5. The number of carbonyl (C=O) groups excluding carboxylic acids is 1. The molecule has 0 atom stereocenters. The van der Waals surface area contributed by atoms with E-state index in [1.54, 1.807) is 0 Å². The summed E-state index contributed by atoms with van der Waals surface area (Å²) in [5, 5.41) is 17.2. The predicted octanol–water partition coefficient (Wildman–Crippen LogP) is 2.69. The van der Waals surface area contributed by atoms with E-state index in [1.165, 1.54) is 29.2 Å². The summed E-state index contributed by atoms with van der Waals surface area (Å²) in [4.78, 5) is 23.4. The Morgan fingerprint density at radius 1 is 1.50 bits per heavy atom. The van der Waals surface area contributed by atoms with Crippen LogP contribution in [0.4, 0.5) is 5.82 Å². The molecule has 2 aromatic heterocycles. The minimum absolute atomic E-state index is 0.0684. The van der Waals surface area contributed by atoms with Crippen LogP contribution in [0.15, 0.2) is 18.2 Å². The molecule has 0 fully saturated rings. The molecule has 0 saturated carbocycles. The van der Waals surface area contributed by atoms with Gasteiger partial charge in [-0.1, -0.05) is 11.6 Å². The molecule has 6 nitrogen and oxygen atoms in total. The average molecular weight is 332 g/mol. The Labute approximate surface area is 127 Å². The number of halogens is 1. The second kappa shape index (κ2) is 6.78. The largest absolute Gasteiger partial charge is 0.477 e. The number of nitrogens with zero attached hydrogens (tertiary/aromatic N) is 1. The number of thiophene rings is 1. The number of carbonyl (C=O) groups is 2. The molecule has 0 aromatic carbocycles. The molecule has 9 heteroatoms. The summed E-state index contributed by atoms with van der Waals surface area (Å²) in [5.41, 5.74) is -0.0684. The van der Waals surface area contributed by atoms with Gasteiger partial charge in [-0.15, -0.1) is 23.1 Å². The number of hydrogen-bond donors (Lipinski definition) is 3. The molecule has 20 heavy (non-hydrogen) atoms. The summed E-state index contributed by atoms with van der Waals surface area (Å²) < 4.78 is 0.725. The molecule has 0 aliphatic heterocycles. The average Bonchev–Trinajstić information content (AvgIpc) is 2.99. The molecule has 0 bridgehead atoms. The first-order chi connectivity index (χ1) is 9.54. The summed E-state index contributed by atoms with van der Waals surface area (Å²) in [6.07, 6.45) is 0. The fraction of sp³-hybridized carbons (Fsp3) is 0.182. The van der Waals surface area contributed by atoms with Gasteiger partial charge in [-0.2, -0.15) is 5.10 Å². The number of carboxylic acids is 1. The summed E-state index contributed by atoms with van der Waals surface area (Å²) in [6, 6.07) is 5.01. The third-order valence-corrected chi connectivity index (χ3v) is 4.58. The van der Waals surface area contributed by atoms with Crippen molar-refractivity contribution >= 4 is 52.4 Å². The molecule has 2 aromatic rings. The summed E-state index contributed by atoms with van der Waals surface area (Å²) >= 11 is 8.73. The van der Waals surface area contributed by atoms with Gasteiger partial charge in [0.2, 0.25) is 5.91 Å². The highest BCUT2D eigenvalue weighted by atomic mass is 35.5. The zero-order chi connectivity index (χ0) is 14.5. The Morgan fingerprint density at radius 3 is 2.90 bits per heavy atom. The summed E-state index contributed by atoms with van der Waals surface area (Å²) in [7, 11) is 0. The normalized spacial score (nSPS) is 10.4. The van der Waals surface area contributed by atoms with Crippen molar-refractivity contribution in [2.45, 2.75) is 5.75 Å². The molecule has 2 heterocycles. The van der Waals surface area contributed by atoms with Crippen molar-refractivity contribution in [2.75, 3.05) is 11.1 Å². The minimum atomic E-state index is -1.12. The highest BCUT2D eigenvalue weighted by Crippen LogP contribution is 2.25. The third kappa shape index (κ3) is 4.26. The van der Waals surface area contributed by atoms with Crippen LogP contribution in [0.5, 0.6) is 0 Å². The second-order valence-electron chi connectivity index (χ2n) is 3.72. The lowest BCUT2D eigenvalue weighted by molar-refractivity contribution is -0.113. The molecule has 0 radical (unpaired) electrons. The molecule has 0 spiro atoms. The number of rotatable bonds is 6. The number of anilines is 1. The second-order valence-corrected chi connectivity index (χ2v) is 6.50. The Morgan fingerprint density at radius 2 is 2.30 bits per heavy atom. The lowest BCUT2D eigenvalue weighted by atomic mass is 10.4. The number of aromatic carboxylic acids is 1. The number of carboxylic acid groups (broad SMARTS) is 1. The first-order valence-electron chi connectivity index (χ1n) is 5.45. The van der Waals surface area contributed by atoms with Gasteiger partial charge in [0.25, 0.3) is 0 Å². The van der Waals surface area contributed by atoms with E-state index in [-0.39, 0.29) is 23.2 Å². The van der Waals surface area contributed by atoms with Crippen molar-refractivity contribution in [1.82, 2.24) is 10.2 Å². The van der Waals surface area contributed by atoms with E-state index < -0.39 is 5.97 Å². The van der Waals surface area contributed by atoms with Crippen molar-refractivity contribution in [3.63, 3.8) is 0 Å². The standard InChI is InChI=1S/C11H10ClN3O3S2/c12-8-2-1-6(20-8)4-19-5-10(16)13-9-3-7(11(17)18)14-15-9/h1-3H,4-5H2,(H,17,18)(H2,13,14,15,16). The van der Waals surface area contributed by atoms with Gasteiger partial charge in [-0.3, -0.25) is 9.89 Å². The maximum atomic E-state index is 11.6. The van der Waals surface area contributed by atoms with Crippen molar-refractivity contribution < 1.29 is 14.7 Å². The van der Waals surface area contributed by atoms with Gasteiger partial charge in [-0.25, -0.2) is 4.79 Å². The van der Waals surface area contributed by atoms with Crippen LogP contribution < -0.4 is 5.32 Å². The van der Waals surface area contributed by atoms with Gasteiger partial charge in [0.1, 0.15) is 5.69 Å². The highest BCUT2D eigenvalue weighted by Gasteiger charge is 2.10. The topological polar surface area (TPSA) is 95.1 Å². The molecule has 0 aliphatic carbocycles. The van der Waals surface area contributed by atoms with Crippen molar-refractivity contribution in [1.29, 1.82) is 0 Å². The van der Waals surface area contributed by atoms with E-state index >= 15 is 0 Å². The lowest BCUT2D eigenvalue weighted by Crippen LogP contribution is -2.14. The number of nitrogens with one attached hydrogen (secondary N) is 2. The van der Waals surface area contributed by atoms with Crippen LogP contribution in [-0.4, -0.2) is 32.9 Å². The van der Waals surface area contributed by atoms with Crippen LogP contribution in [0.25, 0.3) is 0 Å². The summed E-state index contributed by atoms with van der Waals surface area (Å²) in [6.45, 7) is 0. The van der Waals surface area contributed by atoms with Crippen LogP contribution >= 0.6 is 34.7 Å². The van der Waals surface area contributed by atoms with E-state index in [4.69, 9.17) is 16.7 Å². The van der Waals surface area contributed by atoms with Crippen LogP contribution in [-0.2, 0) is 10.5 Å². The fourth-order valence-corrected chi connectivity index (χ4v) is 3.37. The first kappa shape index (κ1) is 14.9. The van der Waals surface area contributed by atoms with E-state index in [1.807, 2.05) is 12.1 Å². The first-order valence-corrected chi connectivity index (χ1v) is 7.80. The van der Waals surface area contributed by atoms with Crippen LogP contribution in [0.3, 0.4) is 0 Å². The van der Waals surface area contributed by atoms with Gasteiger partial charge >= 0.3 is 5.97 Å². The molecule has 2 rings (SSSR count). The minimum Gasteiger partial charge on any atom is -0.477 e. The fourth-order valence-electron chi connectivity index (χ4n) is 1.35. The monoisotopic (exact) mass is 331 g/mol. The lowest BCUT2D eigenvalue weighted by Gasteiger charge is -2.00. The SMILES string of the molecule is O=C(CSCc1ccc(Cl)s1)Nc1cc(C(=O)O)[nH]n1. The Kier molecular flexibility index (Phi) is 5.05. The maximum absolute atomic E-state index is 11.6. The molecular formula is C11H10ClN3O3S2. The van der Waals surface area contributed by atoms with Crippen molar-refractivity contribution in [3.8, 4) is 0 Å². The Hall–Kier alpha value is -1.51. The van der Waals surface area contributed by atoms with Crippen LogP contribution in [0, 0.1) is 0 Å². The van der Waals surface area contributed by atoms with Gasteiger partial charge in [-0.05, 0) is 12.1 Å². The zero-order valence-corrected chi connectivity index (χ0v) is 12.4. The molecule has 106 valence electrons. The number of aromatic nitrogens is 2. The maximum Gasteiger partial charge on any atom is 0.353 e. The molecule has 3 N–H and O–H groups in total. The molecule has 1 amide bonds. The number of H-pyrrole nitrogens is 1. The quantitative estimate of drug-likeness (QED) is 0.756. The van der Waals surface area contributed by atoms with Gasteiger partial charge in [0.05, 0.1) is 10.1 Å². The Balaban J connectivity index is 1.76. The number of amides is 1. The summed E-state index contributed by atoms with van der Waals surface area (Å²) in [5.74, 6) is -0.202. The number of aromatic amines is 1. The molecular weight excluding hydrogens is 322 g/mol.